The second kappa shape index (κ2) is 6.74. The number of fused-ring (bicyclic) bond motifs is 1. The third kappa shape index (κ3) is 3.20. The lowest BCUT2D eigenvalue weighted by molar-refractivity contribution is -0.141. The zero-order valence-corrected chi connectivity index (χ0v) is 15.2. The van der Waals surface area contributed by atoms with Gasteiger partial charge in [0, 0.05) is 28.7 Å². The molecule has 1 aliphatic rings. The van der Waals surface area contributed by atoms with Gasteiger partial charge in [-0.15, -0.1) is 15.3 Å². The van der Waals surface area contributed by atoms with Crippen LogP contribution in [-0.4, -0.2) is 44.0 Å². The molecule has 1 unspecified atom stereocenters. The van der Waals surface area contributed by atoms with Crippen LogP contribution in [0.15, 0.2) is 30.3 Å². The van der Waals surface area contributed by atoms with Crippen LogP contribution in [0, 0.1) is 5.92 Å². The number of hydrogen-bond acceptors (Lipinski definition) is 5. The van der Waals surface area contributed by atoms with Gasteiger partial charge in [0.1, 0.15) is 5.82 Å². The molecule has 0 saturated carbocycles. The number of carboxylic acid groups (broad SMARTS) is 1. The molecular weight excluding hydrogens is 377 g/mol. The molecule has 4 rings (SSSR count). The van der Waals surface area contributed by atoms with E-state index < -0.39 is 5.97 Å². The van der Waals surface area contributed by atoms with E-state index in [1.165, 1.54) is 0 Å². The Morgan fingerprint density at radius 3 is 2.65 bits per heavy atom. The number of hydrogen-bond donors (Lipinski definition) is 1. The number of benzene rings is 1. The van der Waals surface area contributed by atoms with Crippen LogP contribution in [0.25, 0.3) is 17.0 Å². The Bertz CT molecular complexity index is 970. The van der Waals surface area contributed by atoms with E-state index in [2.05, 4.69) is 15.3 Å². The fourth-order valence-electron chi connectivity index (χ4n) is 3.20. The van der Waals surface area contributed by atoms with Crippen LogP contribution >= 0.6 is 23.2 Å². The molecule has 0 bridgehead atoms. The first-order chi connectivity index (χ1) is 12.5. The normalized spacial score (nSPS) is 17.6. The molecule has 1 saturated heterocycles. The van der Waals surface area contributed by atoms with Gasteiger partial charge in [0.15, 0.2) is 11.5 Å². The number of aromatic nitrogens is 4. The summed E-state index contributed by atoms with van der Waals surface area (Å²) < 4.78 is 1.63. The van der Waals surface area contributed by atoms with E-state index in [1.807, 2.05) is 17.0 Å². The summed E-state index contributed by atoms with van der Waals surface area (Å²) in [5.74, 6) is 0.0679. The molecule has 9 heteroatoms. The smallest absolute Gasteiger partial charge is 0.308 e. The van der Waals surface area contributed by atoms with Gasteiger partial charge in [-0.25, -0.2) is 0 Å². The molecule has 0 aliphatic carbocycles. The van der Waals surface area contributed by atoms with Gasteiger partial charge in [0.05, 0.1) is 5.92 Å². The van der Waals surface area contributed by atoms with Gasteiger partial charge in [-0.05, 0) is 43.2 Å². The first-order valence-corrected chi connectivity index (χ1v) is 8.93. The average molecular weight is 392 g/mol. The summed E-state index contributed by atoms with van der Waals surface area (Å²) in [4.78, 5) is 13.3. The molecule has 3 aromatic rings. The third-order valence-electron chi connectivity index (χ3n) is 4.46. The molecule has 26 heavy (non-hydrogen) atoms. The molecule has 2 aromatic heterocycles. The van der Waals surface area contributed by atoms with Crippen LogP contribution in [0.2, 0.25) is 10.0 Å². The molecule has 134 valence electrons. The van der Waals surface area contributed by atoms with Gasteiger partial charge >= 0.3 is 5.97 Å². The number of anilines is 1. The molecule has 0 radical (unpaired) electrons. The van der Waals surface area contributed by atoms with Crippen molar-refractivity contribution in [1.82, 2.24) is 19.8 Å². The number of rotatable bonds is 3. The number of carbonyl (C=O) groups is 1. The van der Waals surface area contributed by atoms with Crippen LogP contribution in [0.1, 0.15) is 12.8 Å². The van der Waals surface area contributed by atoms with E-state index >= 15 is 0 Å². The highest BCUT2D eigenvalue weighted by atomic mass is 35.5. The molecule has 1 N–H and O–H groups in total. The molecule has 0 spiro atoms. The average Bonchev–Trinajstić information content (AvgIpc) is 3.04. The van der Waals surface area contributed by atoms with E-state index in [1.54, 1.807) is 22.7 Å². The molecule has 0 amide bonds. The minimum absolute atomic E-state index is 0.381. The summed E-state index contributed by atoms with van der Waals surface area (Å²) in [6.07, 6.45) is 1.50. The van der Waals surface area contributed by atoms with Gasteiger partial charge in [0.2, 0.25) is 0 Å². The van der Waals surface area contributed by atoms with Crippen LogP contribution in [-0.2, 0) is 4.79 Å². The van der Waals surface area contributed by atoms with Crippen molar-refractivity contribution in [2.24, 2.45) is 5.92 Å². The Morgan fingerprint density at radius 1 is 1.15 bits per heavy atom. The topological polar surface area (TPSA) is 83.6 Å². The Morgan fingerprint density at radius 2 is 1.92 bits per heavy atom. The Labute approximate surface area is 159 Å². The fourth-order valence-corrected chi connectivity index (χ4v) is 3.72. The highest BCUT2D eigenvalue weighted by Gasteiger charge is 2.26. The van der Waals surface area contributed by atoms with Crippen molar-refractivity contribution in [1.29, 1.82) is 0 Å². The molecule has 7 nitrogen and oxygen atoms in total. The van der Waals surface area contributed by atoms with Crippen molar-refractivity contribution in [2.45, 2.75) is 12.8 Å². The monoisotopic (exact) mass is 391 g/mol. The summed E-state index contributed by atoms with van der Waals surface area (Å²) in [7, 11) is 0. The Balaban J connectivity index is 1.74. The van der Waals surface area contributed by atoms with Gasteiger partial charge in [-0.3, -0.25) is 4.79 Å². The summed E-state index contributed by atoms with van der Waals surface area (Å²) in [6.45, 7) is 1.21. The number of nitrogens with zero attached hydrogens (tertiary/aromatic N) is 5. The third-order valence-corrected chi connectivity index (χ3v) is 4.90. The SMILES string of the molecule is O=C(O)C1CCCN(c2ccc3nnc(-c4cc(Cl)cc(Cl)c4)n3n2)C1. The highest BCUT2D eigenvalue weighted by molar-refractivity contribution is 6.35. The maximum atomic E-state index is 11.3. The van der Waals surface area contributed by atoms with E-state index in [-0.39, 0.29) is 5.92 Å². The van der Waals surface area contributed by atoms with Gasteiger partial charge in [-0.1, -0.05) is 23.2 Å². The van der Waals surface area contributed by atoms with E-state index in [4.69, 9.17) is 23.2 Å². The lowest BCUT2D eigenvalue weighted by Gasteiger charge is -2.31. The van der Waals surface area contributed by atoms with Crippen molar-refractivity contribution in [2.75, 3.05) is 18.0 Å². The summed E-state index contributed by atoms with van der Waals surface area (Å²) in [5, 5.41) is 23.3. The summed E-state index contributed by atoms with van der Waals surface area (Å²) >= 11 is 12.2. The first kappa shape index (κ1) is 17.1. The molecular formula is C17H15Cl2N5O2. The second-order valence-electron chi connectivity index (χ2n) is 6.27. The predicted molar refractivity (Wildman–Crippen MR) is 98.8 cm³/mol. The quantitative estimate of drug-likeness (QED) is 0.736. The number of halogens is 2. The van der Waals surface area contributed by atoms with E-state index in [0.29, 0.717) is 45.9 Å². The lowest BCUT2D eigenvalue weighted by atomic mass is 9.98. The minimum atomic E-state index is -0.769. The highest BCUT2D eigenvalue weighted by Crippen LogP contribution is 2.27. The summed E-state index contributed by atoms with van der Waals surface area (Å²) in [5.41, 5.74) is 1.30. The standard InChI is InChI=1S/C17H15Cl2N5O2/c18-12-6-11(7-13(19)8-12)16-21-20-14-3-4-15(22-24(14)16)23-5-1-2-10(9-23)17(25)26/h3-4,6-8,10H,1-2,5,9H2,(H,25,26). The minimum Gasteiger partial charge on any atom is -0.481 e. The molecule has 1 aliphatic heterocycles. The van der Waals surface area contributed by atoms with Crippen LogP contribution in [0.5, 0.6) is 0 Å². The predicted octanol–water partition coefficient (Wildman–Crippen LogP) is 3.40. The fraction of sp³-hybridized carbons (Fsp3) is 0.294. The van der Waals surface area contributed by atoms with E-state index in [0.717, 1.165) is 13.0 Å². The van der Waals surface area contributed by atoms with Gasteiger partial charge in [0.25, 0.3) is 0 Å². The summed E-state index contributed by atoms with van der Waals surface area (Å²) in [6, 6.07) is 8.80. The maximum absolute atomic E-state index is 11.3. The largest absolute Gasteiger partial charge is 0.481 e. The van der Waals surface area contributed by atoms with Crippen molar-refractivity contribution < 1.29 is 9.90 Å². The Hall–Kier alpha value is -2.38. The van der Waals surface area contributed by atoms with Crippen LogP contribution in [0.3, 0.4) is 0 Å². The van der Waals surface area contributed by atoms with Crippen molar-refractivity contribution in [3.05, 3.63) is 40.4 Å². The lowest BCUT2D eigenvalue weighted by Crippen LogP contribution is -2.39. The molecule has 3 heterocycles. The number of piperidine rings is 1. The van der Waals surface area contributed by atoms with Gasteiger partial charge < -0.3 is 10.0 Å². The van der Waals surface area contributed by atoms with Gasteiger partial charge in [-0.2, -0.15) is 4.52 Å². The molecule has 1 fully saturated rings. The zero-order chi connectivity index (χ0) is 18.3. The Kier molecular flexibility index (Phi) is 4.42. The zero-order valence-electron chi connectivity index (χ0n) is 13.6. The van der Waals surface area contributed by atoms with E-state index in [9.17, 15) is 9.90 Å². The van der Waals surface area contributed by atoms with Crippen LogP contribution < -0.4 is 4.90 Å². The molecule has 1 aromatic carbocycles. The maximum Gasteiger partial charge on any atom is 0.308 e. The second-order valence-corrected chi connectivity index (χ2v) is 7.14. The van der Waals surface area contributed by atoms with Crippen molar-refractivity contribution in [3.63, 3.8) is 0 Å². The van der Waals surface area contributed by atoms with Crippen LogP contribution in [0.4, 0.5) is 5.82 Å². The first-order valence-electron chi connectivity index (χ1n) is 8.18. The number of aliphatic carboxylic acids is 1. The van der Waals surface area contributed by atoms with Crippen molar-refractivity contribution >= 4 is 40.6 Å². The molecule has 1 atom stereocenters. The number of carboxylic acids is 1. The van der Waals surface area contributed by atoms with Crippen molar-refractivity contribution in [3.8, 4) is 11.4 Å².